The van der Waals surface area contributed by atoms with Gasteiger partial charge in [0.05, 0.1) is 37.8 Å². The molecule has 0 radical (unpaired) electrons. The van der Waals surface area contributed by atoms with Crippen molar-refractivity contribution in [3.05, 3.63) is 70.2 Å². The number of nitriles is 1. The van der Waals surface area contributed by atoms with Crippen LogP contribution in [0.1, 0.15) is 21.5 Å². The first-order valence-corrected chi connectivity index (χ1v) is 8.41. The van der Waals surface area contributed by atoms with Crippen molar-refractivity contribution in [1.82, 2.24) is 4.90 Å². The maximum Gasteiger partial charge on any atom is 0.254 e. The lowest BCUT2D eigenvalue weighted by Gasteiger charge is -2.32. The maximum atomic E-state index is 12.5. The third-order valence-electron chi connectivity index (χ3n) is 4.36. The lowest BCUT2D eigenvalue weighted by atomic mass is 10.1. The fraction of sp³-hybridized carbons (Fsp3) is 0.263. The molecule has 1 amide bonds. The van der Waals surface area contributed by atoms with Crippen LogP contribution in [0.5, 0.6) is 0 Å². The number of halogens is 1. The number of nitrogens with zero attached hydrogens (tertiary/aromatic N) is 2. The van der Waals surface area contributed by atoms with Crippen molar-refractivity contribution in [2.24, 2.45) is 0 Å². The molecule has 0 aliphatic carbocycles. The van der Waals surface area contributed by atoms with Crippen molar-refractivity contribution in [3.8, 4) is 6.07 Å². The molecule has 3 rings (SSSR count). The first-order valence-electron chi connectivity index (χ1n) is 8.03. The van der Waals surface area contributed by atoms with E-state index >= 15 is 0 Å². The molecular weight excluding hydrogens is 322 g/mol. The number of carbonyl (C=O) groups excluding carboxylic acids is 1. The van der Waals surface area contributed by atoms with Gasteiger partial charge in [-0.1, -0.05) is 23.7 Å². The van der Waals surface area contributed by atoms with E-state index in [1.165, 1.54) is 10.5 Å². The predicted octanol–water partition coefficient (Wildman–Crippen LogP) is 1.75. The Hall–Kier alpha value is -2.35. The van der Waals surface area contributed by atoms with Crippen molar-refractivity contribution in [2.45, 2.75) is 6.54 Å². The van der Waals surface area contributed by atoms with Crippen LogP contribution < -0.4 is 4.90 Å². The molecule has 1 aliphatic rings. The summed E-state index contributed by atoms with van der Waals surface area (Å²) in [6, 6.07) is 16.9. The van der Waals surface area contributed by atoms with Gasteiger partial charge in [-0.05, 0) is 36.4 Å². The molecule has 122 valence electrons. The molecule has 0 saturated carbocycles. The van der Waals surface area contributed by atoms with Gasteiger partial charge in [0.15, 0.2) is 0 Å². The first-order chi connectivity index (χ1) is 11.7. The average molecular weight is 341 g/mol. The van der Waals surface area contributed by atoms with E-state index in [1.54, 1.807) is 24.3 Å². The van der Waals surface area contributed by atoms with Crippen LogP contribution in [0.25, 0.3) is 0 Å². The van der Waals surface area contributed by atoms with Gasteiger partial charge in [0.1, 0.15) is 6.54 Å². The molecule has 0 atom stereocenters. The van der Waals surface area contributed by atoms with Crippen LogP contribution in [0.2, 0.25) is 5.02 Å². The number of benzene rings is 2. The molecule has 0 bridgehead atoms. The minimum atomic E-state index is 0.0429. The Kier molecular flexibility index (Phi) is 5.14. The highest BCUT2D eigenvalue weighted by Gasteiger charge is 2.24. The highest BCUT2D eigenvalue weighted by Crippen LogP contribution is 2.10. The van der Waals surface area contributed by atoms with Crippen molar-refractivity contribution in [2.75, 3.05) is 26.2 Å². The lowest BCUT2D eigenvalue weighted by Crippen LogP contribution is -3.13. The Bertz CT molecular complexity index is 759. The summed E-state index contributed by atoms with van der Waals surface area (Å²) in [5.74, 6) is 0.0429. The van der Waals surface area contributed by atoms with E-state index in [9.17, 15) is 4.79 Å². The van der Waals surface area contributed by atoms with Crippen molar-refractivity contribution in [1.29, 1.82) is 5.26 Å². The summed E-state index contributed by atoms with van der Waals surface area (Å²) in [5, 5.41) is 9.59. The number of rotatable bonds is 3. The van der Waals surface area contributed by atoms with Gasteiger partial charge < -0.3 is 9.80 Å². The summed E-state index contributed by atoms with van der Waals surface area (Å²) in [6.07, 6.45) is 0. The smallest absolute Gasteiger partial charge is 0.254 e. The molecular formula is C19H19ClN3O+. The highest BCUT2D eigenvalue weighted by molar-refractivity contribution is 6.30. The van der Waals surface area contributed by atoms with Crippen molar-refractivity contribution in [3.63, 3.8) is 0 Å². The molecule has 5 heteroatoms. The molecule has 2 aromatic carbocycles. The molecule has 1 aliphatic heterocycles. The number of hydrogen-bond acceptors (Lipinski definition) is 2. The fourth-order valence-corrected chi connectivity index (χ4v) is 3.22. The van der Waals surface area contributed by atoms with Gasteiger partial charge in [-0.2, -0.15) is 5.26 Å². The standard InChI is InChI=1S/C19H18ClN3O/c20-18-3-1-2-16(12-18)14-22-8-10-23(11-9-22)19(24)17-6-4-15(13-21)5-7-17/h1-7,12H,8-11,14H2/p+1. The van der Waals surface area contributed by atoms with Crippen LogP contribution in [0.3, 0.4) is 0 Å². The van der Waals surface area contributed by atoms with Crippen LogP contribution in [0.4, 0.5) is 0 Å². The normalized spacial score (nSPS) is 15.1. The molecule has 4 nitrogen and oxygen atoms in total. The van der Waals surface area contributed by atoms with E-state index in [0.29, 0.717) is 11.1 Å². The quantitative estimate of drug-likeness (QED) is 0.925. The average Bonchev–Trinajstić information content (AvgIpc) is 2.62. The molecule has 24 heavy (non-hydrogen) atoms. The van der Waals surface area contributed by atoms with Crippen LogP contribution in [-0.4, -0.2) is 37.0 Å². The van der Waals surface area contributed by atoms with Crippen molar-refractivity contribution < 1.29 is 9.69 Å². The SMILES string of the molecule is N#Cc1ccc(C(=O)N2CC[NH+](Cc3cccc(Cl)c3)CC2)cc1. The van der Waals surface area contributed by atoms with E-state index in [2.05, 4.69) is 12.1 Å². The van der Waals surface area contributed by atoms with Gasteiger partial charge in [0, 0.05) is 16.1 Å². The Labute approximate surface area is 146 Å². The highest BCUT2D eigenvalue weighted by atomic mass is 35.5. The Morgan fingerprint density at radius 1 is 1.17 bits per heavy atom. The Morgan fingerprint density at radius 2 is 1.88 bits per heavy atom. The molecule has 1 N–H and O–H groups in total. The first kappa shape index (κ1) is 16.5. The number of piperazine rings is 1. The van der Waals surface area contributed by atoms with Crippen LogP contribution in [0.15, 0.2) is 48.5 Å². The third-order valence-corrected chi connectivity index (χ3v) is 4.60. The second-order valence-corrected chi connectivity index (χ2v) is 6.47. The van der Waals surface area contributed by atoms with E-state index < -0.39 is 0 Å². The summed E-state index contributed by atoms with van der Waals surface area (Å²) >= 11 is 6.03. The van der Waals surface area contributed by atoms with Crippen LogP contribution in [0, 0.1) is 11.3 Å². The molecule has 2 aromatic rings. The monoisotopic (exact) mass is 340 g/mol. The van der Waals surface area contributed by atoms with E-state index in [-0.39, 0.29) is 5.91 Å². The Morgan fingerprint density at radius 3 is 2.50 bits per heavy atom. The van der Waals surface area contributed by atoms with Gasteiger partial charge in [-0.15, -0.1) is 0 Å². The summed E-state index contributed by atoms with van der Waals surface area (Å²) in [6.45, 7) is 4.27. The molecule has 1 saturated heterocycles. The zero-order valence-corrected chi connectivity index (χ0v) is 14.1. The molecule has 0 unspecified atom stereocenters. The topological polar surface area (TPSA) is 48.5 Å². The summed E-state index contributed by atoms with van der Waals surface area (Å²) in [7, 11) is 0. The molecule has 0 aromatic heterocycles. The molecule has 1 fully saturated rings. The fourth-order valence-electron chi connectivity index (χ4n) is 3.01. The largest absolute Gasteiger partial charge is 0.328 e. The van der Waals surface area contributed by atoms with E-state index in [1.807, 2.05) is 23.1 Å². The van der Waals surface area contributed by atoms with Crippen LogP contribution in [-0.2, 0) is 6.54 Å². The van der Waals surface area contributed by atoms with Gasteiger partial charge >= 0.3 is 0 Å². The van der Waals surface area contributed by atoms with Gasteiger partial charge in [0.25, 0.3) is 5.91 Å². The minimum Gasteiger partial charge on any atom is -0.328 e. The maximum absolute atomic E-state index is 12.5. The van der Waals surface area contributed by atoms with Gasteiger partial charge in [0.2, 0.25) is 0 Å². The number of amides is 1. The zero-order valence-electron chi connectivity index (χ0n) is 13.3. The second kappa shape index (κ2) is 7.48. The number of quaternary nitrogens is 1. The third kappa shape index (κ3) is 3.94. The van der Waals surface area contributed by atoms with Crippen molar-refractivity contribution >= 4 is 17.5 Å². The van der Waals surface area contributed by atoms with E-state index in [0.717, 1.165) is 37.7 Å². The summed E-state index contributed by atoms with van der Waals surface area (Å²) in [4.78, 5) is 15.9. The summed E-state index contributed by atoms with van der Waals surface area (Å²) < 4.78 is 0. The minimum absolute atomic E-state index is 0.0429. The van der Waals surface area contributed by atoms with Gasteiger partial charge in [-0.25, -0.2) is 0 Å². The lowest BCUT2D eigenvalue weighted by molar-refractivity contribution is -0.917. The Balaban J connectivity index is 1.56. The zero-order chi connectivity index (χ0) is 16.9. The van der Waals surface area contributed by atoms with Crippen LogP contribution >= 0.6 is 11.6 Å². The number of hydrogen-bond donors (Lipinski definition) is 1. The predicted molar refractivity (Wildman–Crippen MR) is 92.9 cm³/mol. The molecule has 1 heterocycles. The number of carbonyl (C=O) groups is 1. The number of nitrogens with one attached hydrogen (secondary N) is 1. The second-order valence-electron chi connectivity index (χ2n) is 6.04. The summed E-state index contributed by atoms with van der Waals surface area (Å²) in [5.41, 5.74) is 2.44. The van der Waals surface area contributed by atoms with E-state index in [4.69, 9.17) is 16.9 Å². The van der Waals surface area contributed by atoms with Gasteiger partial charge in [-0.3, -0.25) is 4.79 Å². The molecule has 0 spiro atoms.